The van der Waals surface area contributed by atoms with Crippen LogP contribution in [0.15, 0.2) is 18.2 Å². The Bertz CT molecular complexity index is 594. The lowest BCUT2D eigenvalue weighted by Gasteiger charge is -2.23. The molecule has 20 heavy (non-hydrogen) atoms. The number of benzene rings is 1. The van der Waals surface area contributed by atoms with Crippen molar-refractivity contribution >= 4 is 5.69 Å². The van der Waals surface area contributed by atoms with Crippen LogP contribution in [-0.4, -0.2) is 40.0 Å². The topological polar surface area (TPSA) is 88.1 Å². The molecule has 2 N–H and O–H groups in total. The van der Waals surface area contributed by atoms with Gasteiger partial charge in [-0.2, -0.15) is 0 Å². The molecule has 0 bridgehead atoms. The first-order valence-electron chi connectivity index (χ1n) is 6.22. The van der Waals surface area contributed by atoms with E-state index in [2.05, 4.69) is 15.5 Å². The van der Waals surface area contributed by atoms with E-state index in [4.69, 9.17) is 15.2 Å². The molecule has 0 aliphatic rings. The van der Waals surface area contributed by atoms with Gasteiger partial charge in [0.25, 0.3) is 0 Å². The van der Waals surface area contributed by atoms with Crippen LogP contribution in [0.2, 0.25) is 0 Å². The fourth-order valence-corrected chi connectivity index (χ4v) is 1.89. The van der Waals surface area contributed by atoms with Gasteiger partial charge in [-0.25, -0.2) is 4.68 Å². The molecule has 0 unspecified atom stereocenters. The first kappa shape index (κ1) is 14.3. The van der Waals surface area contributed by atoms with Crippen LogP contribution in [-0.2, 0) is 11.3 Å². The van der Waals surface area contributed by atoms with Gasteiger partial charge in [0, 0.05) is 7.11 Å². The van der Waals surface area contributed by atoms with E-state index in [0.717, 1.165) is 5.56 Å². The van der Waals surface area contributed by atoms with Gasteiger partial charge in [0.05, 0.1) is 30.5 Å². The average molecular weight is 277 g/mol. The highest BCUT2D eigenvalue weighted by Gasteiger charge is 2.22. The van der Waals surface area contributed by atoms with Gasteiger partial charge in [0.2, 0.25) is 0 Å². The molecule has 7 nitrogen and oxygen atoms in total. The minimum Gasteiger partial charge on any atom is -0.494 e. The Morgan fingerprint density at radius 3 is 2.70 bits per heavy atom. The summed E-state index contributed by atoms with van der Waals surface area (Å²) in [7, 11) is 3.23. The number of ether oxygens (including phenoxy) is 2. The lowest BCUT2D eigenvalue weighted by Crippen LogP contribution is -2.30. The van der Waals surface area contributed by atoms with Crippen molar-refractivity contribution in [2.75, 3.05) is 20.0 Å². The van der Waals surface area contributed by atoms with Crippen molar-refractivity contribution in [3.8, 4) is 17.1 Å². The van der Waals surface area contributed by atoms with E-state index in [1.807, 2.05) is 26.0 Å². The van der Waals surface area contributed by atoms with Crippen LogP contribution in [0.1, 0.15) is 13.8 Å². The predicted molar refractivity (Wildman–Crippen MR) is 75.3 cm³/mol. The molecule has 0 radical (unpaired) electrons. The molecular weight excluding hydrogens is 258 g/mol. The number of aromatic nitrogens is 4. The molecule has 0 aliphatic carbocycles. The Morgan fingerprint density at radius 1 is 1.30 bits per heavy atom. The van der Waals surface area contributed by atoms with Crippen LogP contribution in [0, 0.1) is 0 Å². The maximum atomic E-state index is 5.91. The smallest absolute Gasteiger partial charge is 0.185 e. The van der Waals surface area contributed by atoms with Crippen molar-refractivity contribution in [1.29, 1.82) is 0 Å². The average Bonchev–Trinajstić information content (AvgIpc) is 2.85. The van der Waals surface area contributed by atoms with Gasteiger partial charge in [-0.05, 0) is 36.4 Å². The third-order valence-corrected chi connectivity index (χ3v) is 3.11. The molecule has 1 aromatic carbocycles. The minimum atomic E-state index is -0.377. The van der Waals surface area contributed by atoms with E-state index in [9.17, 15) is 0 Å². The molecule has 2 aromatic rings. The van der Waals surface area contributed by atoms with E-state index in [1.165, 1.54) is 0 Å². The number of methoxy groups -OCH3 is 2. The van der Waals surface area contributed by atoms with Crippen LogP contribution in [0.25, 0.3) is 11.4 Å². The summed E-state index contributed by atoms with van der Waals surface area (Å²) in [5.74, 6) is 1.16. The van der Waals surface area contributed by atoms with Gasteiger partial charge < -0.3 is 15.2 Å². The van der Waals surface area contributed by atoms with Gasteiger partial charge in [0.15, 0.2) is 11.6 Å². The number of hydrogen-bond donors (Lipinski definition) is 1. The summed E-state index contributed by atoms with van der Waals surface area (Å²) >= 11 is 0. The summed E-state index contributed by atoms with van der Waals surface area (Å²) in [5.41, 5.74) is 6.84. The number of hydrogen-bond acceptors (Lipinski definition) is 6. The summed E-state index contributed by atoms with van der Waals surface area (Å²) in [6, 6.07) is 5.49. The summed E-state index contributed by atoms with van der Waals surface area (Å²) in [6.07, 6.45) is 0. The van der Waals surface area contributed by atoms with Crippen LogP contribution in [0.4, 0.5) is 5.69 Å². The lowest BCUT2D eigenvalue weighted by molar-refractivity contribution is 0.00538. The molecule has 1 heterocycles. The summed E-state index contributed by atoms with van der Waals surface area (Å²) in [6.45, 7) is 4.45. The lowest BCUT2D eigenvalue weighted by atomic mass is 10.1. The van der Waals surface area contributed by atoms with Gasteiger partial charge in [0.1, 0.15) is 0 Å². The Hall–Kier alpha value is -2.15. The second-order valence-corrected chi connectivity index (χ2v) is 5.05. The third kappa shape index (κ3) is 2.72. The predicted octanol–water partition coefficient (Wildman–Crippen LogP) is 1.36. The molecular formula is C13H19N5O2. The second kappa shape index (κ2) is 5.46. The number of nitrogens with zero attached hydrogens (tertiary/aromatic N) is 4. The van der Waals surface area contributed by atoms with E-state index in [-0.39, 0.29) is 5.60 Å². The monoisotopic (exact) mass is 277 g/mol. The van der Waals surface area contributed by atoms with Crippen molar-refractivity contribution in [3.05, 3.63) is 18.2 Å². The normalized spacial score (nSPS) is 11.6. The summed E-state index contributed by atoms with van der Waals surface area (Å²) < 4.78 is 12.4. The van der Waals surface area contributed by atoms with Crippen LogP contribution < -0.4 is 10.5 Å². The van der Waals surface area contributed by atoms with Crippen LogP contribution in [0.5, 0.6) is 5.75 Å². The van der Waals surface area contributed by atoms with Crippen molar-refractivity contribution in [2.45, 2.75) is 26.0 Å². The molecule has 0 saturated heterocycles. The largest absolute Gasteiger partial charge is 0.494 e. The van der Waals surface area contributed by atoms with E-state index in [0.29, 0.717) is 23.8 Å². The molecule has 0 spiro atoms. The zero-order valence-corrected chi connectivity index (χ0v) is 12.1. The maximum Gasteiger partial charge on any atom is 0.185 e. The van der Waals surface area contributed by atoms with Crippen LogP contribution >= 0.6 is 0 Å². The first-order valence-corrected chi connectivity index (χ1v) is 6.22. The molecule has 2 rings (SSSR count). The minimum absolute atomic E-state index is 0.377. The molecule has 0 amide bonds. The molecule has 1 aromatic heterocycles. The van der Waals surface area contributed by atoms with E-state index >= 15 is 0 Å². The fourth-order valence-electron chi connectivity index (χ4n) is 1.89. The fraction of sp³-hybridized carbons (Fsp3) is 0.462. The van der Waals surface area contributed by atoms with E-state index in [1.54, 1.807) is 25.0 Å². The molecule has 0 atom stereocenters. The van der Waals surface area contributed by atoms with Crippen molar-refractivity contribution in [2.24, 2.45) is 0 Å². The standard InChI is InChI=1S/C13H19N5O2/c1-13(2,20-4)8-18-12(15-16-17-18)9-6-5-7-10(14)11(9)19-3/h5-7H,8,14H2,1-4H3. The number of anilines is 1. The van der Waals surface area contributed by atoms with E-state index < -0.39 is 0 Å². The number of nitrogen functional groups attached to an aromatic ring is 1. The highest BCUT2D eigenvalue weighted by atomic mass is 16.5. The molecule has 0 saturated carbocycles. The molecule has 0 aliphatic heterocycles. The number of nitrogens with two attached hydrogens (primary N) is 1. The summed E-state index contributed by atoms with van der Waals surface area (Å²) in [5, 5.41) is 11.8. The van der Waals surface area contributed by atoms with Gasteiger partial charge in [-0.1, -0.05) is 6.07 Å². The van der Waals surface area contributed by atoms with Crippen molar-refractivity contribution in [3.63, 3.8) is 0 Å². The number of tetrazole rings is 1. The third-order valence-electron chi connectivity index (χ3n) is 3.11. The molecule has 0 fully saturated rings. The van der Waals surface area contributed by atoms with Gasteiger partial charge in [-0.3, -0.25) is 0 Å². The Labute approximate surface area is 117 Å². The Morgan fingerprint density at radius 2 is 2.05 bits per heavy atom. The second-order valence-electron chi connectivity index (χ2n) is 5.05. The molecule has 7 heteroatoms. The Balaban J connectivity index is 2.45. The zero-order chi connectivity index (χ0) is 14.8. The van der Waals surface area contributed by atoms with Gasteiger partial charge in [-0.15, -0.1) is 5.10 Å². The maximum absolute atomic E-state index is 5.91. The Kier molecular flexibility index (Phi) is 3.89. The zero-order valence-electron chi connectivity index (χ0n) is 12.1. The summed E-state index contributed by atoms with van der Waals surface area (Å²) in [4.78, 5) is 0. The number of para-hydroxylation sites is 1. The number of rotatable bonds is 5. The SMILES string of the molecule is COc1c(N)cccc1-c1nnnn1CC(C)(C)OC. The molecule has 108 valence electrons. The van der Waals surface area contributed by atoms with Crippen LogP contribution in [0.3, 0.4) is 0 Å². The first-order chi connectivity index (χ1) is 9.48. The highest BCUT2D eigenvalue weighted by molar-refractivity contribution is 5.73. The quantitative estimate of drug-likeness (QED) is 0.830. The van der Waals surface area contributed by atoms with Crippen molar-refractivity contribution in [1.82, 2.24) is 20.2 Å². The highest BCUT2D eigenvalue weighted by Crippen LogP contribution is 2.33. The van der Waals surface area contributed by atoms with Crippen molar-refractivity contribution < 1.29 is 9.47 Å². The van der Waals surface area contributed by atoms with Gasteiger partial charge >= 0.3 is 0 Å².